The first kappa shape index (κ1) is 6.20. The number of hydrogen-bond donors (Lipinski definition) is 0. The Labute approximate surface area is 61.2 Å². The summed E-state index contributed by atoms with van der Waals surface area (Å²) in [6, 6.07) is 0. The number of rotatable bonds is 1. The third-order valence-electron chi connectivity index (χ3n) is 3.37. The van der Waals surface area contributed by atoms with Crippen LogP contribution in [0.25, 0.3) is 0 Å². The molecule has 2 atom stereocenters. The van der Waals surface area contributed by atoms with Crippen LogP contribution in [0.4, 0.5) is 0 Å². The minimum atomic E-state index is 0.466. The maximum absolute atomic E-state index is 10.4. The van der Waals surface area contributed by atoms with Crippen LogP contribution in [0.15, 0.2) is 0 Å². The summed E-state index contributed by atoms with van der Waals surface area (Å²) < 4.78 is 0. The fraction of sp³-hybridized carbons (Fsp3) is 0.875. The molecule has 2 unspecified atom stereocenters. The van der Waals surface area contributed by atoms with Gasteiger partial charge in [0.25, 0.3) is 0 Å². The van der Waals surface area contributed by atoms with Crippen molar-refractivity contribution < 1.29 is 4.79 Å². The molecule has 0 aromatic carbocycles. The first-order valence-electron chi connectivity index (χ1n) is 3.79. The van der Waals surface area contributed by atoms with Crippen molar-refractivity contribution in [3.8, 4) is 0 Å². The summed E-state index contributed by atoms with van der Waals surface area (Å²) >= 11 is 0. The van der Waals surface area contributed by atoms with Gasteiger partial charge in [0, 0.05) is 13.1 Å². The van der Waals surface area contributed by atoms with Gasteiger partial charge in [-0.15, -0.1) is 0 Å². The maximum Gasteiger partial charge on any atom is 0.209 e. The largest absolute Gasteiger partial charge is 0.344 e. The van der Waals surface area contributed by atoms with Gasteiger partial charge in [-0.05, 0) is 17.3 Å². The van der Waals surface area contributed by atoms with Crippen molar-refractivity contribution in [2.75, 3.05) is 13.1 Å². The van der Waals surface area contributed by atoms with Gasteiger partial charge in [-0.25, -0.2) is 0 Å². The quantitative estimate of drug-likeness (QED) is 0.494. The Morgan fingerprint density at radius 2 is 1.80 bits per heavy atom. The smallest absolute Gasteiger partial charge is 0.209 e. The molecule has 56 valence electrons. The zero-order chi connectivity index (χ0) is 7.41. The Bertz CT molecular complexity index is 176. The van der Waals surface area contributed by atoms with E-state index in [0.717, 1.165) is 19.5 Å². The molecule has 0 aromatic rings. The molecule has 1 aliphatic carbocycles. The van der Waals surface area contributed by atoms with E-state index in [1.165, 1.54) is 6.42 Å². The molecule has 2 heteroatoms. The number of hydrogen-bond acceptors (Lipinski definition) is 1. The molecule has 2 nitrogen and oxygen atoms in total. The fourth-order valence-corrected chi connectivity index (χ4v) is 2.34. The van der Waals surface area contributed by atoms with Gasteiger partial charge < -0.3 is 4.90 Å². The third-order valence-corrected chi connectivity index (χ3v) is 3.37. The Morgan fingerprint density at radius 3 is 2.10 bits per heavy atom. The van der Waals surface area contributed by atoms with Crippen molar-refractivity contribution in [3.63, 3.8) is 0 Å². The summed E-state index contributed by atoms with van der Waals surface area (Å²) in [4.78, 5) is 12.3. The van der Waals surface area contributed by atoms with E-state index >= 15 is 0 Å². The summed E-state index contributed by atoms with van der Waals surface area (Å²) in [6.45, 7) is 6.51. The number of carbonyl (C=O) groups excluding carboxylic acids is 1. The Hall–Kier alpha value is -0.530. The summed E-state index contributed by atoms with van der Waals surface area (Å²) in [5.41, 5.74) is 0.932. The second-order valence-corrected chi connectivity index (χ2v) is 4.31. The number of piperidine rings is 1. The Kier molecular flexibility index (Phi) is 0.859. The standard InChI is InChI=1S/C8H13NO/c1-7-3-8(7,2)5-9(4-7)6-10/h6H,3-5H2,1-2H3. The van der Waals surface area contributed by atoms with Gasteiger partial charge in [-0.3, -0.25) is 4.79 Å². The number of fused-ring (bicyclic) bond motifs is 1. The van der Waals surface area contributed by atoms with E-state index in [1.807, 2.05) is 4.90 Å². The van der Waals surface area contributed by atoms with Crippen LogP contribution in [0.5, 0.6) is 0 Å². The number of carbonyl (C=O) groups is 1. The molecule has 10 heavy (non-hydrogen) atoms. The first-order chi connectivity index (χ1) is 4.60. The molecule has 0 aromatic heterocycles. The number of amides is 1. The monoisotopic (exact) mass is 139 g/mol. The molecule has 0 spiro atoms. The average molecular weight is 139 g/mol. The molecule has 1 saturated heterocycles. The van der Waals surface area contributed by atoms with Crippen LogP contribution in [0.3, 0.4) is 0 Å². The fourth-order valence-electron chi connectivity index (χ4n) is 2.34. The number of likely N-dealkylation sites (tertiary alicyclic amines) is 1. The van der Waals surface area contributed by atoms with Gasteiger partial charge >= 0.3 is 0 Å². The van der Waals surface area contributed by atoms with Gasteiger partial charge in [-0.2, -0.15) is 0 Å². The van der Waals surface area contributed by atoms with E-state index in [0.29, 0.717) is 10.8 Å². The van der Waals surface area contributed by atoms with Crippen molar-refractivity contribution in [1.29, 1.82) is 0 Å². The summed E-state index contributed by atoms with van der Waals surface area (Å²) in [5, 5.41) is 0. The van der Waals surface area contributed by atoms with Gasteiger partial charge in [0.2, 0.25) is 6.41 Å². The lowest BCUT2D eigenvalue weighted by Gasteiger charge is -2.12. The zero-order valence-electron chi connectivity index (χ0n) is 6.55. The van der Waals surface area contributed by atoms with Crippen LogP contribution in [0.1, 0.15) is 20.3 Å². The van der Waals surface area contributed by atoms with Crippen LogP contribution >= 0.6 is 0 Å². The lowest BCUT2D eigenvalue weighted by Crippen LogP contribution is -2.23. The average Bonchev–Trinajstić information content (AvgIpc) is 2.24. The highest BCUT2D eigenvalue weighted by Gasteiger charge is 2.65. The topological polar surface area (TPSA) is 20.3 Å². The van der Waals surface area contributed by atoms with E-state index < -0.39 is 0 Å². The second-order valence-electron chi connectivity index (χ2n) is 4.31. The predicted molar refractivity (Wildman–Crippen MR) is 38.5 cm³/mol. The lowest BCUT2D eigenvalue weighted by atomic mass is 10.0. The van der Waals surface area contributed by atoms with Crippen molar-refractivity contribution in [3.05, 3.63) is 0 Å². The highest BCUT2D eigenvalue weighted by Crippen LogP contribution is 2.67. The molecule has 1 heterocycles. The van der Waals surface area contributed by atoms with E-state index in [1.54, 1.807) is 0 Å². The zero-order valence-corrected chi connectivity index (χ0v) is 6.55. The van der Waals surface area contributed by atoms with E-state index in [-0.39, 0.29) is 0 Å². The molecular formula is C8H13NO. The number of nitrogens with zero attached hydrogens (tertiary/aromatic N) is 1. The van der Waals surface area contributed by atoms with Gasteiger partial charge in [0.1, 0.15) is 0 Å². The summed E-state index contributed by atoms with van der Waals surface area (Å²) in [7, 11) is 0. The second kappa shape index (κ2) is 1.39. The van der Waals surface area contributed by atoms with Crippen molar-refractivity contribution in [1.82, 2.24) is 4.90 Å². The molecule has 2 aliphatic rings. The van der Waals surface area contributed by atoms with E-state index in [2.05, 4.69) is 13.8 Å². The van der Waals surface area contributed by atoms with Crippen LogP contribution in [-0.4, -0.2) is 24.4 Å². The van der Waals surface area contributed by atoms with Gasteiger partial charge in [-0.1, -0.05) is 13.8 Å². The van der Waals surface area contributed by atoms with Crippen molar-refractivity contribution >= 4 is 6.41 Å². The minimum Gasteiger partial charge on any atom is -0.344 e. The van der Waals surface area contributed by atoms with E-state index in [9.17, 15) is 4.79 Å². The van der Waals surface area contributed by atoms with Crippen LogP contribution < -0.4 is 0 Å². The van der Waals surface area contributed by atoms with Gasteiger partial charge in [0.15, 0.2) is 0 Å². The Balaban J connectivity index is 2.15. The van der Waals surface area contributed by atoms with E-state index in [4.69, 9.17) is 0 Å². The molecule has 0 radical (unpaired) electrons. The normalized spacial score (nSPS) is 50.8. The van der Waals surface area contributed by atoms with Crippen molar-refractivity contribution in [2.24, 2.45) is 10.8 Å². The molecular weight excluding hydrogens is 126 g/mol. The van der Waals surface area contributed by atoms with Crippen LogP contribution in [0.2, 0.25) is 0 Å². The minimum absolute atomic E-state index is 0.466. The summed E-state index contributed by atoms with van der Waals surface area (Å²) in [5.74, 6) is 0. The highest BCUT2D eigenvalue weighted by atomic mass is 16.1. The molecule has 0 N–H and O–H groups in total. The lowest BCUT2D eigenvalue weighted by molar-refractivity contribution is -0.118. The van der Waals surface area contributed by atoms with Crippen LogP contribution in [0, 0.1) is 10.8 Å². The predicted octanol–water partition coefficient (Wildman–Crippen LogP) is 0.875. The molecule has 1 amide bonds. The summed E-state index contributed by atoms with van der Waals surface area (Å²) in [6.07, 6.45) is 2.28. The molecule has 0 bridgehead atoms. The maximum atomic E-state index is 10.4. The van der Waals surface area contributed by atoms with Crippen LogP contribution in [-0.2, 0) is 4.79 Å². The molecule has 2 rings (SSSR count). The first-order valence-corrected chi connectivity index (χ1v) is 3.79. The highest BCUT2D eigenvalue weighted by molar-refractivity contribution is 5.50. The molecule has 1 aliphatic heterocycles. The molecule has 1 saturated carbocycles. The van der Waals surface area contributed by atoms with Crippen molar-refractivity contribution in [2.45, 2.75) is 20.3 Å². The SMILES string of the molecule is CC12CN(C=O)CC1(C)C2. The Morgan fingerprint density at radius 1 is 1.30 bits per heavy atom. The third kappa shape index (κ3) is 0.522. The van der Waals surface area contributed by atoms with Gasteiger partial charge in [0.05, 0.1) is 0 Å². The molecule has 2 fully saturated rings.